The monoisotopic (exact) mass is 347 g/mol. The highest BCUT2D eigenvalue weighted by molar-refractivity contribution is 5.76. The maximum Gasteiger partial charge on any atom is 0.224 e. The molecule has 2 rings (SSSR count). The van der Waals surface area contributed by atoms with E-state index in [9.17, 15) is 4.79 Å². The van der Waals surface area contributed by atoms with E-state index in [2.05, 4.69) is 29.8 Å². The molecule has 5 nitrogen and oxygen atoms in total. The first kappa shape index (κ1) is 19.9. The summed E-state index contributed by atoms with van der Waals surface area (Å²) in [4.78, 5) is 21.1. The summed E-state index contributed by atoms with van der Waals surface area (Å²) in [6.45, 7) is 8.66. The Morgan fingerprint density at radius 2 is 2.12 bits per heavy atom. The fraction of sp³-hybridized carbons (Fsp3) is 0.700. The zero-order valence-electron chi connectivity index (χ0n) is 16.0. The Morgan fingerprint density at radius 1 is 1.36 bits per heavy atom. The van der Waals surface area contributed by atoms with Gasteiger partial charge in [-0.1, -0.05) is 19.9 Å². The van der Waals surface area contributed by atoms with Crippen molar-refractivity contribution in [3.63, 3.8) is 0 Å². The summed E-state index contributed by atoms with van der Waals surface area (Å²) in [6.07, 6.45) is 5.44. The molecule has 1 fully saturated rings. The smallest absolute Gasteiger partial charge is 0.224 e. The number of piperidine rings is 1. The van der Waals surface area contributed by atoms with Gasteiger partial charge in [-0.3, -0.25) is 9.78 Å². The molecule has 140 valence electrons. The number of pyridine rings is 1. The maximum absolute atomic E-state index is 12.3. The van der Waals surface area contributed by atoms with Gasteiger partial charge in [0.1, 0.15) is 0 Å². The van der Waals surface area contributed by atoms with E-state index in [1.807, 2.05) is 30.3 Å². The fourth-order valence-electron chi connectivity index (χ4n) is 3.21. The highest BCUT2D eigenvalue weighted by atomic mass is 16.5. The first-order chi connectivity index (χ1) is 12.1. The molecule has 0 saturated carbocycles. The Bertz CT molecular complexity index is 499. The summed E-state index contributed by atoms with van der Waals surface area (Å²) in [7, 11) is 1.94. The van der Waals surface area contributed by atoms with Crippen LogP contribution in [0, 0.1) is 5.92 Å². The maximum atomic E-state index is 12.3. The van der Waals surface area contributed by atoms with Crippen molar-refractivity contribution in [1.82, 2.24) is 14.8 Å². The second-order valence-corrected chi connectivity index (χ2v) is 7.37. The Hall–Kier alpha value is -1.46. The van der Waals surface area contributed by atoms with Gasteiger partial charge < -0.3 is 14.5 Å². The van der Waals surface area contributed by atoms with Crippen LogP contribution in [0.2, 0.25) is 0 Å². The largest absolute Gasteiger partial charge is 0.381 e. The van der Waals surface area contributed by atoms with Crippen LogP contribution in [0.25, 0.3) is 0 Å². The van der Waals surface area contributed by atoms with Crippen LogP contribution in [0.15, 0.2) is 24.4 Å². The van der Waals surface area contributed by atoms with Gasteiger partial charge in [0.15, 0.2) is 0 Å². The molecule has 1 aromatic heterocycles. The number of hydrogen-bond acceptors (Lipinski definition) is 4. The second kappa shape index (κ2) is 10.5. The van der Waals surface area contributed by atoms with Gasteiger partial charge in [0.2, 0.25) is 5.91 Å². The number of nitrogens with zero attached hydrogens (tertiary/aromatic N) is 3. The fourth-order valence-corrected chi connectivity index (χ4v) is 3.21. The molecular weight excluding hydrogens is 314 g/mol. The third-order valence-corrected chi connectivity index (χ3v) is 4.82. The lowest BCUT2D eigenvalue weighted by molar-refractivity contribution is -0.134. The molecule has 0 N–H and O–H groups in total. The molecule has 1 aromatic rings. The standard InChI is InChI=1S/C20H33N3O2/c1-17(2)16-25-15-10-20(24)22(3)19-8-13-23(14-9-19)12-7-18-6-4-5-11-21-18/h4-6,11,17,19H,7-10,12-16H2,1-3H3. The van der Waals surface area contributed by atoms with Gasteiger partial charge in [-0.05, 0) is 30.9 Å². The van der Waals surface area contributed by atoms with Crippen molar-refractivity contribution in [3.8, 4) is 0 Å². The molecular formula is C20H33N3O2. The first-order valence-corrected chi connectivity index (χ1v) is 9.52. The van der Waals surface area contributed by atoms with Crippen molar-refractivity contribution >= 4 is 5.91 Å². The van der Waals surface area contributed by atoms with Gasteiger partial charge >= 0.3 is 0 Å². The predicted molar refractivity (Wildman–Crippen MR) is 100 cm³/mol. The van der Waals surface area contributed by atoms with Crippen LogP contribution in [-0.2, 0) is 16.0 Å². The van der Waals surface area contributed by atoms with Crippen LogP contribution in [0.5, 0.6) is 0 Å². The lowest BCUT2D eigenvalue weighted by Crippen LogP contribution is -2.46. The third-order valence-electron chi connectivity index (χ3n) is 4.82. The highest BCUT2D eigenvalue weighted by Crippen LogP contribution is 2.16. The van der Waals surface area contributed by atoms with Crippen molar-refractivity contribution in [2.45, 2.75) is 45.6 Å². The minimum Gasteiger partial charge on any atom is -0.381 e. The minimum absolute atomic E-state index is 0.204. The van der Waals surface area contributed by atoms with Crippen LogP contribution >= 0.6 is 0 Å². The third kappa shape index (κ3) is 7.12. The van der Waals surface area contributed by atoms with E-state index < -0.39 is 0 Å². The molecule has 1 amide bonds. The van der Waals surface area contributed by atoms with E-state index in [1.165, 1.54) is 0 Å². The summed E-state index contributed by atoms with van der Waals surface area (Å²) >= 11 is 0. The number of carbonyl (C=O) groups excluding carboxylic acids is 1. The number of amides is 1. The minimum atomic E-state index is 0.204. The van der Waals surface area contributed by atoms with Gasteiger partial charge in [0.25, 0.3) is 0 Å². The average molecular weight is 348 g/mol. The molecule has 0 aromatic carbocycles. The zero-order valence-corrected chi connectivity index (χ0v) is 16.0. The lowest BCUT2D eigenvalue weighted by atomic mass is 10.0. The van der Waals surface area contributed by atoms with Crippen LogP contribution < -0.4 is 0 Å². The van der Waals surface area contributed by atoms with Crippen molar-refractivity contribution in [3.05, 3.63) is 30.1 Å². The number of likely N-dealkylation sites (tertiary alicyclic amines) is 1. The van der Waals surface area contributed by atoms with Crippen molar-refractivity contribution in [2.75, 3.05) is 39.9 Å². The van der Waals surface area contributed by atoms with E-state index in [-0.39, 0.29) is 5.91 Å². The molecule has 2 heterocycles. The van der Waals surface area contributed by atoms with E-state index in [1.54, 1.807) is 0 Å². The molecule has 0 bridgehead atoms. The Balaban J connectivity index is 1.64. The average Bonchev–Trinajstić information content (AvgIpc) is 2.64. The number of rotatable bonds is 9. The number of ether oxygens (including phenoxy) is 1. The van der Waals surface area contributed by atoms with E-state index >= 15 is 0 Å². The molecule has 25 heavy (non-hydrogen) atoms. The molecule has 5 heteroatoms. The SMILES string of the molecule is CC(C)COCCC(=O)N(C)C1CCN(CCc2ccccn2)CC1. The molecule has 0 radical (unpaired) electrons. The molecule has 0 aliphatic carbocycles. The highest BCUT2D eigenvalue weighted by Gasteiger charge is 2.25. The second-order valence-electron chi connectivity index (χ2n) is 7.37. The van der Waals surface area contributed by atoms with Crippen LogP contribution in [0.3, 0.4) is 0 Å². The van der Waals surface area contributed by atoms with Gasteiger partial charge in [-0.15, -0.1) is 0 Å². The first-order valence-electron chi connectivity index (χ1n) is 9.52. The van der Waals surface area contributed by atoms with Gasteiger partial charge in [-0.25, -0.2) is 0 Å². The molecule has 1 saturated heterocycles. The molecule has 1 aliphatic rings. The molecule has 0 atom stereocenters. The van der Waals surface area contributed by atoms with Gasteiger partial charge in [0.05, 0.1) is 13.0 Å². The van der Waals surface area contributed by atoms with E-state index in [0.717, 1.165) is 51.2 Å². The summed E-state index contributed by atoms with van der Waals surface area (Å²) in [5, 5.41) is 0. The van der Waals surface area contributed by atoms with E-state index in [4.69, 9.17) is 4.74 Å². The van der Waals surface area contributed by atoms with Crippen LogP contribution in [0.4, 0.5) is 0 Å². The number of aromatic nitrogens is 1. The summed E-state index contributed by atoms with van der Waals surface area (Å²) in [6, 6.07) is 6.44. The molecule has 1 aliphatic heterocycles. The Labute approximate surface area is 152 Å². The Morgan fingerprint density at radius 3 is 2.76 bits per heavy atom. The van der Waals surface area contributed by atoms with Crippen LogP contribution in [-0.4, -0.2) is 66.6 Å². The predicted octanol–water partition coefficient (Wildman–Crippen LogP) is 2.61. The molecule has 0 unspecified atom stereocenters. The molecule has 0 spiro atoms. The quantitative estimate of drug-likeness (QED) is 0.644. The normalized spacial score (nSPS) is 16.3. The Kier molecular flexibility index (Phi) is 8.35. The lowest BCUT2D eigenvalue weighted by Gasteiger charge is -2.36. The van der Waals surface area contributed by atoms with Gasteiger partial charge in [-0.2, -0.15) is 0 Å². The summed E-state index contributed by atoms with van der Waals surface area (Å²) < 4.78 is 5.53. The topological polar surface area (TPSA) is 45.7 Å². The zero-order chi connectivity index (χ0) is 18.1. The van der Waals surface area contributed by atoms with Crippen molar-refractivity contribution < 1.29 is 9.53 Å². The van der Waals surface area contributed by atoms with Crippen LogP contribution in [0.1, 0.15) is 38.8 Å². The summed E-state index contributed by atoms with van der Waals surface area (Å²) in [5.74, 6) is 0.721. The van der Waals surface area contributed by atoms with E-state index in [0.29, 0.717) is 25.0 Å². The summed E-state index contributed by atoms with van der Waals surface area (Å²) in [5.41, 5.74) is 1.15. The number of carbonyl (C=O) groups is 1. The van der Waals surface area contributed by atoms with Crippen molar-refractivity contribution in [2.24, 2.45) is 5.92 Å². The van der Waals surface area contributed by atoms with Gasteiger partial charge in [0, 0.05) is 57.6 Å². The van der Waals surface area contributed by atoms with Crippen molar-refractivity contribution in [1.29, 1.82) is 0 Å². The number of hydrogen-bond donors (Lipinski definition) is 0.